The van der Waals surface area contributed by atoms with E-state index in [1.54, 1.807) is 0 Å². The fraction of sp³-hybridized carbons (Fsp3) is 0.701. The number of esters is 3. The summed E-state index contributed by atoms with van der Waals surface area (Å²) in [7, 11) is 0. The van der Waals surface area contributed by atoms with E-state index < -0.39 is 6.10 Å². The molecule has 0 bridgehead atoms. The number of allylic oxidation sites excluding steroid dienone is 20. The number of carbonyl (C=O) groups is 3. The van der Waals surface area contributed by atoms with E-state index in [2.05, 4.69) is 142 Å². The molecule has 0 aromatic heterocycles. The SMILES string of the molecule is CC/C=C\C/C=C\C/C=C\C/C=C\CCCCC(=O)OCC(COC(=O)CCCCCCCCCCCCCCCCCC/C=C\C/C=C\C/C=C\CCCCCCC)OC(=O)CCCCCCCC/C=C\C/C=C\C/C=C\CCCCC. The minimum atomic E-state index is -0.806. The van der Waals surface area contributed by atoms with E-state index in [1.165, 1.54) is 167 Å². The van der Waals surface area contributed by atoms with Crippen molar-refractivity contribution in [3.63, 3.8) is 0 Å². The summed E-state index contributed by atoms with van der Waals surface area (Å²) in [6.45, 7) is 6.46. The van der Waals surface area contributed by atoms with Crippen molar-refractivity contribution in [3.8, 4) is 0 Å². The molecule has 6 nitrogen and oxygen atoms in total. The van der Waals surface area contributed by atoms with Gasteiger partial charge in [0.15, 0.2) is 6.10 Å². The number of unbranched alkanes of at least 4 members (excludes halogenated alkanes) is 32. The van der Waals surface area contributed by atoms with Gasteiger partial charge in [-0.2, -0.15) is 0 Å². The van der Waals surface area contributed by atoms with Crippen molar-refractivity contribution >= 4 is 17.9 Å². The highest BCUT2D eigenvalue weighted by molar-refractivity contribution is 5.71. The van der Waals surface area contributed by atoms with Crippen LogP contribution in [0.3, 0.4) is 0 Å². The first-order chi connectivity index (χ1) is 41.0. The Balaban J connectivity index is 4.30. The van der Waals surface area contributed by atoms with Crippen LogP contribution in [0, 0.1) is 0 Å². The van der Waals surface area contributed by atoms with Gasteiger partial charge in [0.2, 0.25) is 0 Å². The molecule has 1 atom stereocenters. The summed E-state index contributed by atoms with van der Waals surface area (Å²) < 4.78 is 16.9. The molecule has 0 aliphatic carbocycles. The van der Waals surface area contributed by atoms with Crippen molar-refractivity contribution in [2.75, 3.05) is 13.2 Å². The van der Waals surface area contributed by atoms with E-state index in [-0.39, 0.29) is 31.1 Å². The molecule has 1 unspecified atom stereocenters. The second-order valence-corrected chi connectivity index (χ2v) is 23.1. The zero-order valence-corrected chi connectivity index (χ0v) is 54.4. The van der Waals surface area contributed by atoms with Crippen LogP contribution in [0.2, 0.25) is 0 Å². The lowest BCUT2D eigenvalue weighted by Gasteiger charge is -2.18. The Morgan fingerprint density at radius 3 is 0.783 bits per heavy atom. The van der Waals surface area contributed by atoms with Crippen LogP contribution >= 0.6 is 0 Å². The van der Waals surface area contributed by atoms with Gasteiger partial charge in [0.1, 0.15) is 13.2 Å². The summed E-state index contributed by atoms with van der Waals surface area (Å²) in [4.78, 5) is 38.4. The summed E-state index contributed by atoms with van der Waals surface area (Å²) in [5.74, 6) is -0.945. The van der Waals surface area contributed by atoms with Gasteiger partial charge in [0.25, 0.3) is 0 Å². The van der Waals surface area contributed by atoms with Crippen LogP contribution in [0.25, 0.3) is 0 Å². The molecule has 0 amide bonds. The van der Waals surface area contributed by atoms with Crippen LogP contribution in [-0.4, -0.2) is 37.2 Å². The Morgan fingerprint density at radius 2 is 0.470 bits per heavy atom. The lowest BCUT2D eigenvalue weighted by molar-refractivity contribution is -0.167. The highest BCUT2D eigenvalue weighted by Gasteiger charge is 2.19. The van der Waals surface area contributed by atoms with E-state index in [4.69, 9.17) is 14.2 Å². The van der Waals surface area contributed by atoms with Crippen LogP contribution in [0.15, 0.2) is 122 Å². The molecule has 0 saturated carbocycles. The molecule has 0 spiro atoms. The van der Waals surface area contributed by atoms with Crippen LogP contribution in [0.4, 0.5) is 0 Å². The molecule has 0 rings (SSSR count). The molecular weight excluding hydrogens is 1020 g/mol. The number of hydrogen-bond acceptors (Lipinski definition) is 6. The second kappa shape index (κ2) is 70.3. The lowest BCUT2D eigenvalue weighted by Crippen LogP contribution is -2.30. The van der Waals surface area contributed by atoms with Gasteiger partial charge < -0.3 is 14.2 Å². The Kier molecular flexibility index (Phi) is 66.7. The van der Waals surface area contributed by atoms with Crippen molar-refractivity contribution in [2.45, 2.75) is 335 Å². The number of rotatable bonds is 63. The first-order valence-corrected chi connectivity index (χ1v) is 35.0. The molecule has 0 aromatic carbocycles. The predicted octanol–water partition coefficient (Wildman–Crippen LogP) is 24.3. The zero-order valence-electron chi connectivity index (χ0n) is 54.4. The summed E-state index contributed by atoms with van der Waals surface area (Å²) in [5.41, 5.74) is 0. The largest absolute Gasteiger partial charge is 0.462 e. The Morgan fingerprint density at radius 1 is 0.253 bits per heavy atom. The lowest BCUT2D eigenvalue weighted by atomic mass is 10.0. The second-order valence-electron chi connectivity index (χ2n) is 23.1. The molecule has 83 heavy (non-hydrogen) atoms. The summed E-state index contributed by atoms with van der Waals surface area (Å²) in [6.07, 6.45) is 98.0. The highest BCUT2D eigenvalue weighted by atomic mass is 16.6. The van der Waals surface area contributed by atoms with Crippen molar-refractivity contribution in [3.05, 3.63) is 122 Å². The molecular formula is C77H130O6. The number of hydrogen-bond donors (Lipinski definition) is 0. The molecule has 0 aromatic rings. The minimum absolute atomic E-state index is 0.0974. The van der Waals surface area contributed by atoms with Crippen molar-refractivity contribution < 1.29 is 28.6 Å². The van der Waals surface area contributed by atoms with Gasteiger partial charge in [-0.1, -0.05) is 296 Å². The van der Waals surface area contributed by atoms with Crippen LogP contribution < -0.4 is 0 Å². The van der Waals surface area contributed by atoms with Crippen LogP contribution in [-0.2, 0) is 28.6 Å². The third-order valence-corrected chi connectivity index (χ3v) is 14.9. The molecule has 0 fully saturated rings. The molecule has 0 radical (unpaired) electrons. The first-order valence-electron chi connectivity index (χ1n) is 35.0. The van der Waals surface area contributed by atoms with Crippen LogP contribution in [0.1, 0.15) is 329 Å². The molecule has 6 heteroatoms. The quantitative estimate of drug-likeness (QED) is 0.0261. The van der Waals surface area contributed by atoms with Crippen molar-refractivity contribution in [1.82, 2.24) is 0 Å². The summed E-state index contributed by atoms with van der Waals surface area (Å²) >= 11 is 0. The maximum absolute atomic E-state index is 12.9. The van der Waals surface area contributed by atoms with Gasteiger partial charge in [-0.25, -0.2) is 0 Å². The Hall–Kier alpha value is -4.19. The van der Waals surface area contributed by atoms with E-state index in [1.807, 2.05) is 0 Å². The molecule has 0 saturated heterocycles. The molecule has 0 aliphatic rings. The smallest absolute Gasteiger partial charge is 0.306 e. The standard InChI is InChI=1S/C77H130O6/c1-4-7-10-13-16-19-22-25-28-30-32-33-34-35-36-37-38-39-40-41-42-43-45-46-49-52-55-58-61-64-67-70-76(79)82-73-74(72-81-75(78)69-66-63-60-57-54-51-48-27-24-21-18-15-12-9-6-3)83-77(80)71-68-65-62-59-56-53-50-47-44-31-29-26-23-20-17-14-11-8-5-2/h9,12,17-18,20-22,25-27,29-30,32,34-35,44,47-48,54,57,74H,4-8,10-11,13-16,19,23-24,28,31,33,36-43,45-46,49-53,55-56,58-73H2,1-3H3/b12-9-,20-17-,21-18-,25-22-,29-26-,32-30-,35-34-,47-44-,48-27-,57-54-. The highest BCUT2D eigenvalue weighted by Crippen LogP contribution is 2.16. The topological polar surface area (TPSA) is 78.9 Å². The maximum Gasteiger partial charge on any atom is 0.306 e. The van der Waals surface area contributed by atoms with E-state index in [0.29, 0.717) is 19.3 Å². The summed E-state index contributed by atoms with van der Waals surface area (Å²) in [5, 5.41) is 0. The molecule has 0 heterocycles. The van der Waals surface area contributed by atoms with Gasteiger partial charge in [0, 0.05) is 19.3 Å². The first kappa shape index (κ1) is 78.8. The van der Waals surface area contributed by atoms with Gasteiger partial charge in [-0.3, -0.25) is 14.4 Å². The van der Waals surface area contributed by atoms with Crippen molar-refractivity contribution in [2.24, 2.45) is 0 Å². The zero-order chi connectivity index (χ0) is 59.9. The van der Waals surface area contributed by atoms with Crippen molar-refractivity contribution in [1.29, 1.82) is 0 Å². The average Bonchev–Trinajstić information content (AvgIpc) is 3.50. The fourth-order valence-electron chi connectivity index (χ4n) is 9.68. The average molecular weight is 1150 g/mol. The number of ether oxygens (including phenoxy) is 3. The number of carbonyl (C=O) groups excluding carboxylic acids is 3. The predicted molar refractivity (Wildman–Crippen MR) is 362 cm³/mol. The van der Waals surface area contributed by atoms with Crippen LogP contribution in [0.5, 0.6) is 0 Å². The minimum Gasteiger partial charge on any atom is -0.462 e. The van der Waals surface area contributed by atoms with Gasteiger partial charge in [-0.15, -0.1) is 0 Å². The van der Waals surface area contributed by atoms with E-state index in [9.17, 15) is 14.4 Å². The molecule has 474 valence electrons. The normalized spacial score (nSPS) is 12.9. The van der Waals surface area contributed by atoms with Gasteiger partial charge >= 0.3 is 17.9 Å². The van der Waals surface area contributed by atoms with E-state index >= 15 is 0 Å². The third-order valence-electron chi connectivity index (χ3n) is 14.9. The maximum atomic E-state index is 12.9. The molecule has 0 N–H and O–H groups in total. The Labute approximate surface area is 513 Å². The fourth-order valence-corrected chi connectivity index (χ4v) is 9.68. The van der Waals surface area contributed by atoms with E-state index in [0.717, 1.165) is 122 Å². The summed E-state index contributed by atoms with van der Waals surface area (Å²) in [6, 6.07) is 0. The Bertz CT molecular complexity index is 1700. The monoisotopic (exact) mass is 1150 g/mol. The molecule has 0 aliphatic heterocycles. The van der Waals surface area contributed by atoms with Gasteiger partial charge in [-0.05, 0) is 135 Å². The van der Waals surface area contributed by atoms with Gasteiger partial charge in [0.05, 0.1) is 0 Å². The third kappa shape index (κ3) is 68.5.